The molecule has 0 aliphatic heterocycles. The van der Waals surface area contributed by atoms with Crippen molar-refractivity contribution in [2.75, 3.05) is 0 Å². The molecule has 0 radical (unpaired) electrons. The first-order valence-corrected chi connectivity index (χ1v) is 4.27. The van der Waals surface area contributed by atoms with E-state index in [1.54, 1.807) is 6.92 Å². The average molecular weight is 169 g/mol. The second-order valence-corrected chi connectivity index (χ2v) is 4.57. The molecule has 1 rings (SSSR count). The summed E-state index contributed by atoms with van der Waals surface area (Å²) in [6.07, 6.45) is 1.81. The minimum atomic E-state index is -0.632. The Kier molecular flexibility index (Phi) is 2.06. The van der Waals surface area contributed by atoms with Crippen molar-refractivity contribution in [1.82, 2.24) is 0 Å². The molecule has 12 heavy (non-hydrogen) atoms. The highest BCUT2D eigenvalue weighted by Crippen LogP contribution is 2.39. The summed E-state index contributed by atoms with van der Waals surface area (Å²) in [6, 6.07) is 0. The molecule has 3 nitrogen and oxygen atoms in total. The molecule has 0 spiro atoms. The average Bonchev–Trinajstić information content (AvgIpc) is 1.99. The summed E-state index contributed by atoms with van der Waals surface area (Å²) >= 11 is 0. The lowest BCUT2D eigenvalue weighted by atomic mass is 9.69. The van der Waals surface area contributed by atoms with Crippen molar-refractivity contribution in [3.63, 3.8) is 0 Å². The SMILES string of the molecule is CC1(N=O)CCC(C)(C)C(=O)C1. The minimum absolute atomic E-state index is 0.163. The molecule has 3 heteroatoms. The van der Waals surface area contributed by atoms with E-state index in [0.717, 1.165) is 12.8 Å². The summed E-state index contributed by atoms with van der Waals surface area (Å²) in [6.45, 7) is 5.62. The van der Waals surface area contributed by atoms with Gasteiger partial charge in [0.2, 0.25) is 0 Å². The van der Waals surface area contributed by atoms with E-state index in [2.05, 4.69) is 5.18 Å². The molecule has 0 heterocycles. The predicted octanol–water partition coefficient (Wildman–Crippen LogP) is 2.29. The van der Waals surface area contributed by atoms with Gasteiger partial charge in [0.25, 0.3) is 0 Å². The van der Waals surface area contributed by atoms with Gasteiger partial charge >= 0.3 is 0 Å². The summed E-state index contributed by atoms with van der Waals surface area (Å²) in [5.41, 5.74) is -0.878. The van der Waals surface area contributed by atoms with Crippen LogP contribution in [0.5, 0.6) is 0 Å². The monoisotopic (exact) mass is 169 g/mol. The van der Waals surface area contributed by atoms with Crippen LogP contribution in [-0.4, -0.2) is 11.3 Å². The number of nitrogens with zero attached hydrogens (tertiary/aromatic N) is 1. The van der Waals surface area contributed by atoms with Crippen molar-refractivity contribution >= 4 is 5.78 Å². The normalized spacial score (nSPS) is 34.8. The first-order valence-electron chi connectivity index (χ1n) is 4.27. The fourth-order valence-corrected chi connectivity index (χ4v) is 1.47. The number of hydrogen-bond donors (Lipinski definition) is 0. The molecule has 0 N–H and O–H groups in total. The highest BCUT2D eigenvalue weighted by molar-refractivity contribution is 5.85. The van der Waals surface area contributed by atoms with Crippen LogP contribution in [-0.2, 0) is 4.79 Å². The van der Waals surface area contributed by atoms with Crippen LogP contribution < -0.4 is 0 Å². The summed E-state index contributed by atoms with van der Waals surface area (Å²) < 4.78 is 0. The third kappa shape index (κ3) is 1.54. The Bertz CT molecular complexity index is 223. The highest BCUT2D eigenvalue weighted by atomic mass is 16.3. The molecule has 1 saturated carbocycles. The van der Waals surface area contributed by atoms with Crippen LogP contribution in [0.1, 0.15) is 40.0 Å². The Labute approximate surface area is 72.5 Å². The molecule has 0 saturated heterocycles. The van der Waals surface area contributed by atoms with Gasteiger partial charge < -0.3 is 0 Å². The van der Waals surface area contributed by atoms with Gasteiger partial charge in [-0.1, -0.05) is 19.0 Å². The number of ketones is 1. The zero-order chi connectivity index (χ0) is 9.41. The number of rotatable bonds is 1. The van der Waals surface area contributed by atoms with E-state index in [4.69, 9.17) is 0 Å². The fraction of sp³-hybridized carbons (Fsp3) is 0.889. The lowest BCUT2D eigenvalue weighted by molar-refractivity contribution is -0.131. The third-order valence-electron chi connectivity index (χ3n) is 2.81. The molecule has 68 valence electrons. The maximum absolute atomic E-state index is 11.5. The molecule has 1 fully saturated rings. The summed E-state index contributed by atoms with van der Waals surface area (Å²) in [5, 5.41) is 3.02. The van der Waals surface area contributed by atoms with E-state index in [-0.39, 0.29) is 11.2 Å². The van der Waals surface area contributed by atoms with Crippen molar-refractivity contribution in [1.29, 1.82) is 0 Å². The Balaban J connectivity index is 2.77. The predicted molar refractivity (Wildman–Crippen MR) is 46.8 cm³/mol. The first kappa shape index (κ1) is 9.36. The second kappa shape index (κ2) is 2.64. The number of carbonyl (C=O) groups is 1. The van der Waals surface area contributed by atoms with Crippen molar-refractivity contribution in [2.24, 2.45) is 10.6 Å². The van der Waals surface area contributed by atoms with E-state index in [1.807, 2.05) is 13.8 Å². The number of nitroso groups, excluding NO2 is 1. The maximum Gasteiger partial charge on any atom is 0.141 e. The number of carbonyl (C=O) groups excluding carboxylic acids is 1. The van der Waals surface area contributed by atoms with Crippen molar-refractivity contribution in [3.8, 4) is 0 Å². The first-order chi connectivity index (χ1) is 5.40. The van der Waals surface area contributed by atoms with Gasteiger partial charge in [0, 0.05) is 11.8 Å². The smallest absolute Gasteiger partial charge is 0.141 e. The summed E-state index contributed by atoms with van der Waals surface area (Å²) in [5.74, 6) is 0.163. The van der Waals surface area contributed by atoms with Crippen molar-refractivity contribution < 1.29 is 4.79 Å². The van der Waals surface area contributed by atoms with Gasteiger partial charge in [-0.15, -0.1) is 0 Å². The molecular weight excluding hydrogens is 154 g/mol. The van der Waals surface area contributed by atoms with E-state index >= 15 is 0 Å². The van der Waals surface area contributed by atoms with Crippen LogP contribution >= 0.6 is 0 Å². The van der Waals surface area contributed by atoms with Crippen LogP contribution in [0.25, 0.3) is 0 Å². The zero-order valence-electron chi connectivity index (χ0n) is 7.89. The molecule has 1 aliphatic carbocycles. The second-order valence-electron chi connectivity index (χ2n) is 4.57. The van der Waals surface area contributed by atoms with Gasteiger partial charge in [-0.05, 0) is 19.8 Å². The Morgan fingerprint density at radius 1 is 1.25 bits per heavy atom. The zero-order valence-corrected chi connectivity index (χ0v) is 7.89. The summed E-state index contributed by atoms with van der Waals surface area (Å²) in [4.78, 5) is 21.9. The van der Waals surface area contributed by atoms with E-state index in [9.17, 15) is 9.70 Å². The molecule has 0 amide bonds. The maximum atomic E-state index is 11.5. The molecule has 1 atom stereocenters. The molecule has 0 aromatic heterocycles. The Morgan fingerprint density at radius 3 is 2.25 bits per heavy atom. The highest BCUT2D eigenvalue weighted by Gasteiger charge is 2.42. The van der Waals surface area contributed by atoms with Crippen LogP contribution in [0.2, 0.25) is 0 Å². The molecule has 1 aliphatic rings. The molecule has 0 bridgehead atoms. The third-order valence-corrected chi connectivity index (χ3v) is 2.81. The molecular formula is C9H15NO2. The van der Waals surface area contributed by atoms with Crippen LogP contribution in [0, 0.1) is 10.3 Å². The van der Waals surface area contributed by atoms with Crippen LogP contribution in [0.3, 0.4) is 0 Å². The largest absolute Gasteiger partial charge is 0.299 e. The fourth-order valence-electron chi connectivity index (χ4n) is 1.47. The van der Waals surface area contributed by atoms with E-state index in [1.165, 1.54) is 0 Å². The quantitative estimate of drug-likeness (QED) is 0.565. The lowest BCUT2D eigenvalue weighted by Crippen LogP contribution is -2.40. The summed E-state index contributed by atoms with van der Waals surface area (Å²) in [7, 11) is 0. The number of Topliss-reactive ketones (excluding diaryl/α,β-unsaturated/α-hetero) is 1. The van der Waals surface area contributed by atoms with Crippen LogP contribution in [0.15, 0.2) is 5.18 Å². The molecule has 0 aromatic rings. The van der Waals surface area contributed by atoms with Gasteiger partial charge in [-0.3, -0.25) is 4.79 Å². The van der Waals surface area contributed by atoms with Gasteiger partial charge in [0.05, 0.1) is 0 Å². The lowest BCUT2D eigenvalue weighted by Gasteiger charge is -2.35. The van der Waals surface area contributed by atoms with Gasteiger partial charge in [-0.25, -0.2) is 0 Å². The molecule has 0 aromatic carbocycles. The van der Waals surface area contributed by atoms with Crippen molar-refractivity contribution in [2.45, 2.75) is 45.6 Å². The van der Waals surface area contributed by atoms with Crippen molar-refractivity contribution in [3.05, 3.63) is 4.91 Å². The van der Waals surface area contributed by atoms with Gasteiger partial charge in [-0.2, -0.15) is 4.91 Å². The van der Waals surface area contributed by atoms with E-state index < -0.39 is 5.54 Å². The van der Waals surface area contributed by atoms with E-state index in [0.29, 0.717) is 6.42 Å². The number of hydrogen-bond acceptors (Lipinski definition) is 3. The Morgan fingerprint density at radius 2 is 1.83 bits per heavy atom. The van der Waals surface area contributed by atoms with Gasteiger partial charge in [0.15, 0.2) is 0 Å². The topological polar surface area (TPSA) is 46.5 Å². The van der Waals surface area contributed by atoms with Gasteiger partial charge in [0.1, 0.15) is 11.3 Å². The Hall–Kier alpha value is -0.730. The molecule has 1 unspecified atom stereocenters. The minimum Gasteiger partial charge on any atom is -0.299 e. The standard InChI is InChI=1S/C9H15NO2/c1-8(2)4-5-9(3,10-12)6-7(8)11/h4-6H2,1-3H3. The van der Waals surface area contributed by atoms with Crippen LogP contribution in [0.4, 0.5) is 0 Å².